The number of alkyl halides is 1. The zero-order valence-corrected chi connectivity index (χ0v) is 11.7. The van der Waals surface area contributed by atoms with E-state index in [2.05, 4.69) is 57.2 Å². The lowest BCUT2D eigenvalue weighted by molar-refractivity contribution is 0.766. The topological polar surface area (TPSA) is 21.1 Å². The lowest BCUT2D eigenvalue weighted by Crippen LogP contribution is -2.15. The second-order valence-electron chi connectivity index (χ2n) is 4.18. The van der Waals surface area contributed by atoms with Gasteiger partial charge in [0.2, 0.25) is 0 Å². The molecule has 0 aliphatic heterocycles. The molecule has 4 heteroatoms. The number of rotatable bonds is 4. The Labute approximate surface area is 110 Å². The molecule has 0 atom stereocenters. The molecule has 0 aliphatic carbocycles. The average Bonchev–Trinajstić information content (AvgIpc) is 2.75. The summed E-state index contributed by atoms with van der Waals surface area (Å²) < 4.78 is 1.83. The highest BCUT2D eigenvalue weighted by atomic mass is 79.9. The maximum absolute atomic E-state index is 4.17. The van der Waals surface area contributed by atoms with Crippen molar-refractivity contribution in [2.45, 2.75) is 11.9 Å². The van der Waals surface area contributed by atoms with Crippen LogP contribution in [0.25, 0.3) is 0 Å². The van der Waals surface area contributed by atoms with Gasteiger partial charge in [-0.15, -0.1) is 0 Å². The third-order valence-corrected chi connectivity index (χ3v) is 3.36. The van der Waals surface area contributed by atoms with Crippen LogP contribution >= 0.6 is 15.9 Å². The minimum atomic E-state index is 0.876. The van der Waals surface area contributed by atoms with E-state index in [4.69, 9.17) is 0 Å². The Kier molecular flexibility index (Phi) is 3.84. The Bertz CT molecular complexity index is 476. The van der Waals surface area contributed by atoms with E-state index in [1.165, 1.54) is 16.8 Å². The lowest BCUT2D eigenvalue weighted by Gasteiger charge is -2.18. The molecule has 90 valence electrons. The van der Waals surface area contributed by atoms with Crippen molar-refractivity contribution >= 4 is 21.6 Å². The highest BCUT2D eigenvalue weighted by molar-refractivity contribution is 9.08. The summed E-state index contributed by atoms with van der Waals surface area (Å²) in [6.45, 7) is 0.876. The molecule has 0 unspecified atom stereocenters. The Hall–Kier alpha value is -1.29. The first kappa shape index (κ1) is 12.2. The van der Waals surface area contributed by atoms with E-state index in [9.17, 15) is 0 Å². The smallest absolute Gasteiger partial charge is 0.0539 e. The molecular formula is C13H16BrN3. The predicted octanol–water partition coefficient (Wildman–Crippen LogP) is 2.95. The van der Waals surface area contributed by atoms with Crippen LogP contribution in [0.3, 0.4) is 0 Å². The number of aryl methyl sites for hydroxylation is 1. The summed E-state index contributed by atoms with van der Waals surface area (Å²) in [4.78, 5) is 2.22. The fraction of sp³-hybridized carbons (Fsp3) is 0.308. The first-order chi connectivity index (χ1) is 8.19. The van der Waals surface area contributed by atoms with Crippen molar-refractivity contribution in [1.82, 2.24) is 9.78 Å². The standard InChI is InChI=1S/C13H16BrN3/c1-16(9-12-8-15-17(2)10-12)13-5-3-11(7-14)4-6-13/h3-6,8,10H,7,9H2,1-2H3. The number of aromatic nitrogens is 2. The van der Waals surface area contributed by atoms with Crippen LogP contribution in [-0.2, 0) is 18.9 Å². The third-order valence-electron chi connectivity index (χ3n) is 2.71. The highest BCUT2D eigenvalue weighted by Crippen LogP contribution is 2.17. The number of hydrogen-bond donors (Lipinski definition) is 0. The molecule has 3 nitrogen and oxygen atoms in total. The quantitative estimate of drug-likeness (QED) is 0.808. The largest absolute Gasteiger partial charge is 0.370 e. The van der Waals surface area contributed by atoms with Gasteiger partial charge in [-0.3, -0.25) is 4.68 Å². The molecule has 0 N–H and O–H groups in total. The monoisotopic (exact) mass is 293 g/mol. The highest BCUT2D eigenvalue weighted by Gasteiger charge is 2.03. The first-order valence-corrected chi connectivity index (χ1v) is 6.65. The number of benzene rings is 1. The predicted molar refractivity (Wildman–Crippen MR) is 74.4 cm³/mol. The van der Waals surface area contributed by atoms with E-state index in [1.807, 2.05) is 24.1 Å². The third kappa shape index (κ3) is 3.09. The second kappa shape index (κ2) is 5.36. The van der Waals surface area contributed by atoms with Crippen LogP contribution in [-0.4, -0.2) is 16.8 Å². The SMILES string of the molecule is CN(Cc1cnn(C)c1)c1ccc(CBr)cc1. The molecular weight excluding hydrogens is 278 g/mol. The van der Waals surface area contributed by atoms with Gasteiger partial charge in [-0.05, 0) is 17.7 Å². The molecule has 0 saturated carbocycles. The Morgan fingerprint density at radius 2 is 1.94 bits per heavy atom. The summed E-state index contributed by atoms with van der Waals surface area (Å²) in [6.07, 6.45) is 3.95. The van der Waals surface area contributed by atoms with Gasteiger partial charge in [0, 0.05) is 43.4 Å². The molecule has 1 heterocycles. The van der Waals surface area contributed by atoms with E-state index in [0.717, 1.165) is 11.9 Å². The van der Waals surface area contributed by atoms with Crippen molar-refractivity contribution in [2.75, 3.05) is 11.9 Å². The summed E-state index contributed by atoms with van der Waals surface area (Å²) in [7, 11) is 4.03. The van der Waals surface area contributed by atoms with Crippen LogP contribution < -0.4 is 4.90 Å². The molecule has 0 spiro atoms. The maximum atomic E-state index is 4.17. The van der Waals surface area contributed by atoms with Gasteiger partial charge in [-0.1, -0.05) is 28.1 Å². The number of anilines is 1. The molecule has 0 aliphatic rings. The Balaban J connectivity index is 2.06. The van der Waals surface area contributed by atoms with Crippen molar-refractivity contribution in [3.8, 4) is 0 Å². The summed E-state index contributed by atoms with van der Waals surface area (Å²) >= 11 is 3.45. The van der Waals surface area contributed by atoms with Gasteiger partial charge >= 0.3 is 0 Å². The van der Waals surface area contributed by atoms with Crippen molar-refractivity contribution in [2.24, 2.45) is 7.05 Å². The van der Waals surface area contributed by atoms with E-state index in [0.29, 0.717) is 0 Å². The molecule has 1 aromatic carbocycles. The van der Waals surface area contributed by atoms with Crippen LogP contribution in [0.4, 0.5) is 5.69 Å². The molecule has 2 aromatic rings. The van der Waals surface area contributed by atoms with E-state index in [1.54, 1.807) is 0 Å². The molecule has 17 heavy (non-hydrogen) atoms. The molecule has 0 amide bonds. The summed E-state index contributed by atoms with van der Waals surface area (Å²) in [5.41, 5.74) is 3.74. The summed E-state index contributed by atoms with van der Waals surface area (Å²) in [6, 6.07) is 8.58. The van der Waals surface area contributed by atoms with E-state index in [-0.39, 0.29) is 0 Å². The molecule has 0 fully saturated rings. The van der Waals surface area contributed by atoms with Crippen LogP contribution in [0.2, 0.25) is 0 Å². The average molecular weight is 294 g/mol. The van der Waals surface area contributed by atoms with E-state index >= 15 is 0 Å². The first-order valence-electron chi connectivity index (χ1n) is 5.52. The molecule has 0 bridgehead atoms. The van der Waals surface area contributed by atoms with Gasteiger partial charge in [-0.25, -0.2) is 0 Å². The zero-order chi connectivity index (χ0) is 12.3. The number of halogens is 1. The molecule has 0 radical (unpaired) electrons. The van der Waals surface area contributed by atoms with Gasteiger partial charge in [0.05, 0.1) is 6.20 Å². The molecule has 2 rings (SSSR count). The van der Waals surface area contributed by atoms with Gasteiger partial charge in [0.15, 0.2) is 0 Å². The van der Waals surface area contributed by atoms with Gasteiger partial charge < -0.3 is 4.90 Å². The minimum Gasteiger partial charge on any atom is -0.370 e. The number of nitrogens with zero attached hydrogens (tertiary/aromatic N) is 3. The fourth-order valence-corrected chi connectivity index (χ4v) is 2.13. The van der Waals surface area contributed by atoms with E-state index < -0.39 is 0 Å². The second-order valence-corrected chi connectivity index (χ2v) is 4.74. The maximum Gasteiger partial charge on any atom is 0.0539 e. The van der Waals surface area contributed by atoms with Gasteiger partial charge in [0.25, 0.3) is 0 Å². The van der Waals surface area contributed by atoms with Crippen molar-refractivity contribution < 1.29 is 0 Å². The number of hydrogen-bond acceptors (Lipinski definition) is 2. The Morgan fingerprint density at radius 3 is 2.47 bits per heavy atom. The van der Waals surface area contributed by atoms with Crippen molar-refractivity contribution in [3.63, 3.8) is 0 Å². The van der Waals surface area contributed by atoms with Crippen LogP contribution in [0.1, 0.15) is 11.1 Å². The lowest BCUT2D eigenvalue weighted by atomic mass is 10.2. The van der Waals surface area contributed by atoms with Crippen molar-refractivity contribution in [1.29, 1.82) is 0 Å². The normalized spacial score (nSPS) is 10.5. The zero-order valence-electron chi connectivity index (χ0n) is 10.1. The van der Waals surface area contributed by atoms with Crippen molar-refractivity contribution in [3.05, 3.63) is 47.8 Å². The minimum absolute atomic E-state index is 0.876. The van der Waals surface area contributed by atoms with Gasteiger partial charge in [-0.2, -0.15) is 5.10 Å². The van der Waals surface area contributed by atoms with Crippen LogP contribution in [0.5, 0.6) is 0 Å². The summed E-state index contributed by atoms with van der Waals surface area (Å²) in [5.74, 6) is 0. The fourth-order valence-electron chi connectivity index (χ4n) is 1.76. The van der Waals surface area contributed by atoms with Crippen LogP contribution in [0.15, 0.2) is 36.7 Å². The summed E-state index contributed by atoms with van der Waals surface area (Å²) in [5, 5.41) is 5.08. The van der Waals surface area contributed by atoms with Gasteiger partial charge in [0.1, 0.15) is 0 Å². The Morgan fingerprint density at radius 1 is 1.24 bits per heavy atom. The molecule has 0 saturated heterocycles. The molecule has 1 aromatic heterocycles. The van der Waals surface area contributed by atoms with Crippen LogP contribution in [0, 0.1) is 0 Å².